The van der Waals surface area contributed by atoms with Gasteiger partial charge in [0, 0.05) is 16.8 Å². The minimum Gasteiger partial charge on any atom is -0.465 e. The summed E-state index contributed by atoms with van der Waals surface area (Å²) < 4.78 is 4.66. The number of anilines is 2. The number of carbonyl (C=O) groups is 2. The molecule has 0 aliphatic carbocycles. The maximum Gasteiger partial charge on any atom is 0.337 e. The Labute approximate surface area is 161 Å². The molecule has 0 aliphatic rings. The number of amides is 1. The molecule has 0 saturated heterocycles. The van der Waals surface area contributed by atoms with E-state index in [4.69, 9.17) is 5.73 Å². The van der Waals surface area contributed by atoms with Gasteiger partial charge < -0.3 is 15.8 Å². The molecule has 0 unspecified atom stereocenters. The molecule has 6 nitrogen and oxygen atoms in total. The van der Waals surface area contributed by atoms with E-state index in [1.807, 2.05) is 12.1 Å². The molecule has 0 spiro atoms. The van der Waals surface area contributed by atoms with Gasteiger partial charge in [0.15, 0.2) is 0 Å². The lowest BCUT2D eigenvalue weighted by atomic mass is 10.1. The molecular weight excluding hydrogens is 362 g/mol. The first kappa shape index (κ1) is 18.8. The summed E-state index contributed by atoms with van der Waals surface area (Å²) >= 11 is 1.29. The number of fused-ring (bicyclic) bond motifs is 1. The Bertz CT molecular complexity index is 980. The van der Waals surface area contributed by atoms with Crippen molar-refractivity contribution in [3.05, 3.63) is 52.5 Å². The van der Waals surface area contributed by atoms with Gasteiger partial charge in [0.25, 0.3) is 5.91 Å². The normalized spacial score (nSPS) is 10.7. The van der Waals surface area contributed by atoms with E-state index in [-0.39, 0.29) is 5.91 Å². The lowest BCUT2D eigenvalue weighted by molar-refractivity contribution is 0.0600. The fourth-order valence-electron chi connectivity index (χ4n) is 2.70. The molecule has 3 rings (SSSR count). The van der Waals surface area contributed by atoms with E-state index in [0.717, 1.165) is 35.2 Å². The monoisotopic (exact) mass is 383 g/mol. The fourth-order valence-corrected chi connectivity index (χ4v) is 3.70. The van der Waals surface area contributed by atoms with Crippen molar-refractivity contribution in [2.75, 3.05) is 18.2 Å². The fraction of sp³-hybridized carbons (Fsp3) is 0.250. The third-order valence-corrected chi connectivity index (χ3v) is 5.32. The van der Waals surface area contributed by atoms with Crippen molar-refractivity contribution in [2.24, 2.45) is 0 Å². The van der Waals surface area contributed by atoms with Crippen LogP contribution in [0.4, 0.5) is 11.4 Å². The van der Waals surface area contributed by atoms with Crippen molar-refractivity contribution in [2.45, 2.75) is 26.2 Å². The number of benzene rings is 1. The van der Waals surface area contributed by atoms with E-state index in [9.17, 15) is 9.59 Å². The van der Waals surface area contributed by atoms with Gasteiger partial charge in [-0.1, -0.05) is 13.3 Å². The van der Waals surface area contributed by atoms with Gasteiger partial charge in [0.2, 0.25) is 0 Å². The summed E-state index contributed by atoms with van der Waals surface area (Å²) in [7, 11) is 1.32. The van der Waals surface area contributed by atoms with Crippen molar-refractivity contribution in [3.8, 4) is 0 Å². The van der Waals surface area contributed by atoms with Crippen molar-refractivity contribution in [1.29, 1.82) is 0 Å². The molecule has 0 saturated carbocycles. The van der Waals surface area contributed by atoms with Gasteiger partial charge >= 0.3 is 5.97 Å². The number of hydrogen-bond acceptors (Lipinski definition) is 6. The maximum atomic E-state index is 12.6. The predicted molar refractivity (Wildman–Crippen MR) is 108 cm³/mol. The van der Waals surface area contributed by atoms with Crippen LogP contribution >= 0.6 is 11.3 Å². The Kier molecular flexibility index (Phi) is 5.71. The maximum absolute atomic E-state index is 12.6. The van der Waals surface area contributed by atoms with Crippen LogP contribution in [0.1, 0.15) is 45.5 Å². The van der Waals surface area contributed by atoms with Crippen molar-refractivity contribution >= 4 is 44.8 Å². The second-order valence-electron chi connectivity index (χ2n) is 6.13. The third-order valence-electron chi connectivity index (χ3n) is 4.21. The molecule has 27 heavy (non-hydrogen) atoms. The highest BCUT2D eigenvalue weighted by Crippen LogP contribution is 2.33. The second kappa shape index (κ2) is 8.18. The van der Waals surface area contributed by atoms with E-state index >= 15 is 0 Å². The van der Waals surface area contributed by atoms with Crippen LogP contribution in [0.15, 0.2) is 36.4 Å². The highest BCUT2D eigenvalue weighted by Gasteiger charge is 2.18. The van der Waals surface area contributed by atoms with Crippen LogP contribution in [-0.4, -0.2) is 24.0 Å². The summed E-state index contributed by atoms with van der Waals surface area (Å²) in [5.41, 5.74) is 8.61. The Balaban J connectivity index is 1.80. The summed E-state index contributed by atoms with van der Waals surface area (Å²) in [5, 5.41) is 3.60. The lowest BCUT2D eigenvalue weighted by Gasteiger charge is -2.05. The predicted octanol–water partition coefficient (Wildman–Crippen LogP) is 4.26. The SMILES string of the molecule is CCCCc1ccc2c(N)c(C(=O)Nc3ccc(C(=O)OC)cc3)sc2n1. The number of nitrogen functional groups attached to an aromatic ring is 1. The van der Waals surface area contributed by atoms with Crippen molar-refractivity contribution in [3.63, 3.8) is 0 Å². The number of unbranched alkanes of at least 4 members (excludes halogenated alkanes) is 1. The largest absolute Gasteiger partial charge is 0.465 e. The highest BCUT2D eigenvalue weighted by molar-refractivity contribution is 7.21. The number of pyridine rings is 1. The lowest BCUT2D eigenvalue weighted by Crippen LogP contribution is -2.12. The number of thiophene rings is 1. The molecule has 1 amide bonds. The summed E-state index contributed by atoms with van der Waals surface area (Å²) in [6.07, 6.45) is 3.10. The van der Waals surface area contributed by atoms with Crippen LogP contribution in [0.25, 0.3) is 10.2 Å². The molecule has 0 fully saturated rings. The molecule has 0 bridgehead atoms. The molecule has 1 aromatic carbocycles. The second-order valence-corrected chi connectivity index (χ2v) is 7.13. The average Bonchev–Trinajstić information content (AvgIpc) is 3.02. The zero-order chi connectivity index (χ0) is 19.4. The molecule has 140 valence electrons. The molecule has 0 radical (unpaired) electrons. The molecular formula is C20H21N3O3S. The van der Waals surface area contributed by atoms with Crippen molar-refractivity contribution in [1.82, 2.24) is 4.98 Å². The topological polar surface area (TPSA) is 94.3 Å². The van der Waals surface area contributed by atoms with Gasteiger partial charge in [-0.05, 0) is 49.2 Å². The van der Waals surface area contributed by atoms with Gasteiger partial charge in [-0.3, -0.25) is 4.79 Å². The summed E-state index contributed by atoms with van der Waals surface area (Å²) in [6, 6.07) is 10.4. The highest BCUT2D eigenvalue weighted by atomic mass is 32.1. The van der Waals surface area contributed by atoms with E-state index in [2.05, 4.69) is 22.0 Å². The van der Waals surface area contributed by atoms with Crippen LogP contribution in [-0.2, 0) is 11.2 Å². The Morgan fingerprint density at radius 1 is 1.19 bits per heavy atom. The summed E-state index contributed by atoms with van der Waals surface area (Å²) in [6.45, 7) is 2.14. The molecule has 2 aromatic heterocycles. The summed E-state index contributed by atoms with van der Waals surface area (Å²) in [5.74, 6) is -0.719. The Morgan fingerprint density at radius 2 is 1.93 bits per heavy atom. The minimum atomic E-state index is -0.424. The summed E-state index contributed by atoms with van der Waals surface area (Å²) in [4.78, 5) is 29.9. The average molecular weight is 383 g/mol. The quantitative estimate of drug-likeness (QED) is 0.620. The first-order valence-corrected chi connectivity index (χ1v) is 9.52. The van der Waals surface area contributed by atoms with E-state index in [1.165, 1.54) is 18.4 Å². The first-order chi connectivity index (χ1) is 13.0. The number of rotatable bonds is 6. The number of nitrogens with one attached hydrogen (secondary N) is 1. The number of nitrogens with two attached hydrogens (primary N) is 1. The molecule has 0 atom stereocenters. The zero-order valence-electron chi connectivity index (χ0n) is 15.2. The first-order valence-electron chi connectivity index (χ1n) is 8.71. The van der Waals surface area contributed by atoms with Crippen LogP contribution in [0, 0.1) is 0 Å². The van der Waals surface area contributed by atoms with Crippen LogP contribution in [0.2, 0.25) is 0 Å². The standard InChI is InChI=1S/C20H21N3O3S/c1-3-4-5-13-10-11-15-16(21)17(27-19(15)23-13)18(24)22-14-8-6-12(7-9-14)20(25)26-2/h6-11H,3-5,21H2,1-2H3,(H,22,24). The van der Waals surface area contributed by atoms with Crippen LogP contribution in [0.5, 0.6) is 0 Å². The number of hydrogen-bond donors (Lipinski definition) is 2. The van der Waals surface area contributed by atoms with Crippen molar-refractivity contribution < 1.29 is 14.3 Å². The van der Waals surface area contributed by atoms with Gasteiger partial charge in [0.05, 0.1) is 18.4 Å². The van der Waals surface area contributed by atoms with E-state index in [0.29, 0.717) is 21.8 Å². The van der Waals surface area contributed by atoms with Gasteiger partial charge in [-0.15, -0.1) is 11.3 Å². The number of ether oxygens (including phenoxy) is 1. The van der Waals surface area contributed by atoms with E-state index in [1.54, 1.807) is 24.3 Å². The van der Waals surface area contributed by atoms with Crippen LogP contribution in [0.3, 0.4) is 0 Å². The molecule has 7 heteroatoms. The smallest absolute Gasteiger partial charge is 0.337 e. The van der Waals surface area contributed by atoms with Gasteiger partial charge in [-0.2, -0.15) is 0 Å². The number of aromatic nitrogens is 1. The zero-order valence-corrected chi connectivity index (χ0v) is 16.1. The molecule has 0 aliphatic heterocycles. The Hall–Kier alpha value is -2.93. The molecule has 2 heterocycles. The van der Waals surface area contributed by atoms with E-state index < -0.39 is 5.97 Å². The minimum absolute atomic E-state index is 0.295. The number of esters is 1. The number of nitrogens with zero attached hydrogens (tertiary/aromatic N) is 1. The third kappa shape index (κ3) is 4.09. The Morgan fingerprint density at radius 3 is 2.59 bits per heavy atom. The number of aryl methyl sites for hydroxylation is 1. The number of methoxy groups -OCH3 is 1. The van der Waals surface area contributed by atoms with Crippen LogP contribution < -0.4 is 11.1 Å². The molecule has 3 N–H and O–H groups in total. The van der Waals surface area contributed by atoms with Gasteiger partial charge in [0.1, 0.15) is 9.71 Å². The number of carbonyl (C=O) groups excluding carboxylic acids is 2. The van der Waals surface area contributed by atoms with Gasteiger partial charge in [-0.25, -0.2) is 9.78 Å². The molecule has 3 aromatic rings.